The van der Waals surface area contributed by atoms with Gasteiger partial charge in [0.15, 0.2) is 11.5 Å². The second-order valence-electron chi connectivity index (χ2n) is 5.43. The van der Waals surface area contributed by atoms with Gasteiger partial charge in [-0.1, -0.05) is 6.07 Å². The van der Waals surface area contributed by atoms with Crippen molar-refractivity contribution in [3.63, 3.8) is 0 Å². The van der Waals surface area contributed by atoms with Crippen molar-refractivity contribution in [2.75, 3.05) is 25.1 Å². The van der Waals surface area contributed by atoms with Crippen LogP contribution in [-0.4, -0.2) is 31.6 Å². The van der Waals surface area contributed by atoms with E-state index in [0.717, 1.165) is 4.88 Å². The summed E-state index contributed by atoms with van der Waals surface area (Å²) in [5, 5.41) is 7.27. The second kappa shape index (κ2) is 7.85. The van der Waals surface area contributed by atoms with E-state index < -0.39 is 0 Å². The van der Waals surface area contributed by atoms with Crippen LogP contribution in [0.2, 0.25) is 0 Å². The van der Waals surface area contributed by atoms with Crippen LogP contribution in [0, 0.1) is 0 Å². The van der Waals surface area contributed by atoms with Crippen molar-refractivity contribution in [2.24, 2.45) is 0 Å². The molecule has 0 bridgehead atoms. The van der Waals surface area contributed by atoms with Gasteiger partial charge in [0.1, 0.15) is 13.2 Å². The third-order valence-electron chi connectivity index (χ3n) is 3.50. The Kier molecular flexibility index (Phi) is 5.35. The molecule has 0 fully saturated rings. The zero-order valence-corrected chi connectivity index (χ0v) is 14.5. The normalized spacial score (nSPS) is 13.2. The molecule has 7 heteroatoms. The third kappa shape index (κ3) is 4.60. The molecule has 3 rings (SSSR count). The second-order valence-corrected chi connectivity index (χ2v) is 6.41. The average molecular weight is 358 g/mol. The molecular weight excluding hydrogens is 340 g/mol. The Balaban J connectivity index is 1.52. The van der Waals surface area contributed by atoms with Crippen molar-refractivity contribution in [1.82, 2.24) is 5.32 Å². The zero-order valence-electron chi connectivity index (χ0n) is 13.7. The van der Waals surface area contributed by atoms with Crippen molar-refractivity contribution >= 4 is 34.9 Å². The zero-order chi connectivity index (χ0) is 17.6. The molecule has 2 N–H and O–H groups in total. The van der Waals surface area contributed by atoms with Crippen molar-refractivity contribution in [1.29, 1.82) is 0 Å². The monoisotopic (exact) mass is 358 g/mol. The predicted octanol–water partition coefficient (Wildman–Crippen LogP) is 2.68. The Morgan fingerprint density at radius 1 is 1.20 bits per heavy atom. The van der Waals surface area contributed by atoms with Crippen molar-refractivity contribution in [3.05, 3.63) is 46.2 Å². The molecule has 25 heavy (non-hydrogen) atoms. The van der Waals surface area contributed by atoms with E-state index >= 15 is 0 Å². The predicted molar refractivity (Wildman–Crippen MR) is 97.0 cm³/mol. The number of ether oxygens (including phenoxy) is 2. The number of fused-ring (bicyclic) bond motifs is 1. The maximum atomic E-state index is 12.0. The Labute approximate surface area is 149 Å². The topological polar surface area (TPSA) is 76.7 Å². The highest BCUT2D eigenvalue weighted by atomic mass is 32.1. The number of anilines is 1. The standard InChI is InChI=1S/C18H18N2O4S/c1-12(9-14-3-2-8-25-14)18(22)19-11-17(21)20-13-4-5-15-16(10-13)24-7-6-23-15/h2-5,8-10H,6-7,11H2,1H3,(H,19,22)(H,20,21)/b12-9+. The number of hydrogen-bond donors (Lipinski definition) is 2. The summed E-state index contributed by atoms with van der Waals surface area (Å²) in [6.07, 6.45) is 1.79. The van der Waals surface area contributed by atoms with E-state index in [1.807, 2.05) is 17.5 Å². The van der Waals surface area contributed by atoms with Gasteiger partial charge >= 0.3 is 0 Å². The van der Waals surface area contributed by atoms with E-state index in [0.29, 0.717) is 36.0 Å². The van der Waals surface area contributed by atoms with Gasteiger partial charge in [0.2, 0.25) is 11.8 Å². The van der Waals surface area contributed by atoms with E-state index in [1.165, 1.54) is 0 Å². The van der Waals surface area contributed by atoms with Crippen LogP contribution >= 0.6 is 11.3 Å². The fraction of sp³-hybridized carbons (Fsp3) is 0.222. The maximum absolute atomic E-state index is 12.0. The molecule has 1 aromatic heterocycles. The maximum Gasteiger partial charge on any atom is 0.247 e. The largest absolute Gasteiger partial charge is 0.486 e. The van der Waals surface area contributed by atoms with E-state index in [1.54, 1.807) is 42.5 Å². The molecule has 1 aliphatic rings. The van der Waals surface area contributed by atoms with Crippen LogP contribution in [0.1, 0.15) is 11.8 Å². The number of rotatable bonds is 5. The van der Waals surface area contributed by atoms with Gasteiger partial charge in [0, 0.05) is 22.2 Å². The molecule has 0 unspecified atom stereocenters. The highest BCUT2D eigenvalue weighted by molar-refractivity contribution is 7.10. The lowest BCUT2D eigenvalue weighted by Gasteiger charge is -2.19. The molecule has 0 atom stereocenters. The van der Waals surface area contributed by atoms with Crippen LogP contribution in [0.15, 0.2) is 41.3 Å². The minimum atomic E-state index is -0.311. The number of carbonyl (C=O) groups is 2. The summed E-state index contributed by atoms with van der Waals surface area (Å²) in [6, 6.07) is 9.03. The van der Waals surface area contributed by atoms with Crippen LogP contribution in [0.5, 0.6) is 11.5 Å². The van der Waals surface area contributed by atoms with E-state index in [2.05, 4.69) is 10.6 Å². The average Bonchev–Trinajstić information content (AvgIpc) is 3.12. The molecule has 6 nitrogen and oxygen atoms in total. The molecule has 2 heterocycles. The third-order valence-corrected chi connectivity index (χ3v) is 4.31. The van der Waals surface area contributed by atoms with Gasteiger partial charge in [-0.3, -0.25) is 9.59 Å². The lowest BCUT2D eigenvalue weighted by molar-refractivity contribution is -0.121. The van der Waals surface area contributed by atoms with Crippen LogP contribution < -0.4 is 20.1 Å². The first kappa shape index (κ1) is 17.0. The molecule has 0 radical (unpaired) electrons. The number of carbonyl (C=O) groups excluding carboxylic acids is 2. The minimum absolute atomic E-state index is 0.108. The molecule has 0 aliphatic carbocycles. The summed E-state index contributed by atoms with van der Waals surface area (Å²) >= 11 is 1.55. The minimum Gasteiger partial charge on any atom is -0.486 e. The molecule has 2 aromatic rings. The summed E-state index contributed by atoms with van der Waals surface area (Å²) in [5.41, 5.74) is 1.14. The van der Waals surface area contributed by atoms with Gasteiger partial charge < -0.3 is 20.1 Å². The number of benzene rings is 1. The van der Waals surface area contributed by atoms with Gasteiger partial charge in [-0.05, 0) is 36.6 Å². The number of hydrogen-bond acceptors (Lipinski definition) is 5. The number of nitrogens with one attached hydrogen (secondary N) is 2. The van der Waals surface area contributed by atoms with E-state index in [-0.39, 0.29) is 18.4 Å². The molecule has 130 valence electrons. The van der Waals surface area contributed by atoms with Crippen molar-refractivity contribution < 1.29 is 19.1 Å². The Morgan fingerprint density at radius 3 is 2.76 bits per heavy atom. The highest BCUT2D eigenvalue weighted by Crippen LogP contribution is 2.32. The van der Waals surface area contributed by atoms with Gasteiger partial charge in [-0.25, -0.2) is 0 Å². The summed E-state index contributed by atoms with van der Waals surface area (Å²) in [6.45, 7) is 2.61. The fourth-order valence-corrected chi connectivity index (χ4v) is 2.99. The lowest BCUT2D eigenvalue weighted by Crippen LogP contribution is -2.33. The first-order valence-corrected chi connectivity index (χ1v) is 8.69. The molecule has 0 saturated heterocycles. The van der Waals surface area contributed by atoms with Crippen molar-refractivity contribution in [2.45, 2.75) is 6.92 Å². The summed E-state index contributed by atoms with van der Waals surface area (Å²) in [5.74, 6) is 0.675. The van der Waals surface area contributed by atoms with Crippen LogP contribution in [0.4, 0.5) is 5.69 Å². The summed E-state index contributed by atoms with van der Waals surface area (Å²) in [4.78, 5) is 25.0. The fourth-order valence-electron chi connectivity index (χ4n) is 2.28. The first-order valence-electron chi connectivity index (χ1n) is 7.81. The Bertz CT molecular complexity index is 799. The molecule has 0 spiro atoms. The number of amides is 2. The molecule has 0 saturated carbocycles. The smallest absolute Gasteiger partial charge is 0.247 e. The highest BCUT2D eigenvalue weighted by Gasteiger charge is 2.13. The molecule has 2 amide bonds. The summed E-state index contributed by atoms with van der Waals surface area (Å²) in [7, 11) is 0. The van der Waals surface area contributed by atoms with Crippen molar-refractivity contribution in [3.8, 4) is 11.5 Å². The Hall–Kier alpha value is -2.80. The molecule has 1 aliphatic heterocycles. The molecule has 1 aromatic carbocycles. The quantitative estimate of drug-likeness (QED) is 0.806. The SMILES string of the molecule is C/C(=C\c1cccs1)C(=O)NCC(=O)Nc1ccc2c(c1)OCCO2. The Morgan fingerprint density at radius 2 is 2.00 bits per heavy atom. The van der Waals surface area contributed by atoms with Gasteiger partial charge in [0.05, 0.1) is 6.54 Å². The number of thiophene rings is 1. The first-order chi connectivity index (χ1) is 12.1. The van der Waals surface area contributed by atoms with Crippen LogP contribution in [0.25, 0.3) is 6.08 Å². The lowest BCUT2D eigenvalue weighted by atomic mass is 10.2. The molecular formula is C18H18N2O4S. The van der Waals surface area contributed by atoms with E-state index in [9.17, 15) is 9.59 Å². The van der Waals surface area contributed by atoms with Gasteiger partial charge in [-0.2, -0.15) is 0 Å². The van der Waals surface area contributed by atoms with Crippen LogP contribution in [0.3, 0.4) is 0 Å². The summed E-state index contributed by atoms with van der Waals surface area (Å²) < 4.78 is 10.9. The van der Waals surface area contributed by atoms with E-state index in [4.69, 9.17) is 9.47 Å². The van der Waals surface area contributed by atoms with Gasteiger partial charge in [-0.15, -0.1) is 11.3 Å². The van der Waals surface area contributed by atoms with Crippen LogP contribution in [-0.2, 0) is 9.59 Å². The van der Waals surface area contributed by atoms with Gasteiger partial charge in [0.25, 0.3) is 0 Å².